The molecule has 1 amide bonds. The number of carbonyl (C=O) groups is 1. The lowest BCUT2D eigenvalue weighted by Gasteiger charge is -2.15. The SMILES string of the molecule is CCCCNC(=O)C(CC)n1cc(Cl)cn1. The minimum absolute atomic E-state index is 0.00992. The maximum Gasteiger partial charge on any atom is 0.244 e. The lowest BCUT2D eigenvalue weighted by Crippen LogP contribution is -2.33. The Morgan fingerprint density at radius 2 is 2.38 bits per heavy atom. The fourth-order valence-corrected chi connectivity index (χ4v) is 1.63. The lowest BCUT2D eigenvalue weighted by molar-refractivity contribution is -0.124. The van der Waals surface area contributed by atoms with Crippen molar-refractivity contribution in [3.63, 3.8) is 0 Å². The number of rotatable bonds is 6. The van der Waals surface area contributed by atoms with Crippen LogP contribution in [0.5, 0.6) is 0 Å². The van der Waals surface area contributed by atoms with Gasteiger partial charge in [0.1, 0.15) is 6.04 Å². The standard InChI is InChI=1S/C11H18ClN3O/c1-3-5-6-13-11(16)10(4-2)15-8-9(12)7-14-15/h7-8,10H,3-6H2,1-2H3,(H,13,16). The number of nitrogens with zero attached hydrogens (tertiary/aromatic N) is 2. The zero-order chi connectivity index (χ0) is 12.0. The minimum atomic E-state index is -0.260. The molecule has 0 bridgehead atoms. The fourth-order valence-electron chi connectivity index (χ4n) is 1.48. The van der Waals surface area contributed by atoms with Crippen molar-refractivity contribution in [3.8, 4) is 0 Å². The molecule has 0 fully saturated rings. The second kappa shape index (κ2) is 6.53. The molecule has 16 heavy (non-hydrogen) atoms. The topological polar surface area (TPSA) is 46.9 Å². The normalized spacial score (nSPS) is 12.4. The van der Waals surface area contributed by atoms with Crippen molar-refractivity contribution in [2.45, 2.75) is 39.2 Å². The first-order valence-corrected chi connectivity index (χ1v) is 6.04. The molecule has 1 N–H and O–H groups in total. The van der Waals surface area contributed by atoms with Crippen LogP contribution >= 0.6 is 11.6 Å². The molecule has 1 rings (SSSR count). The van der Waals surface area contributed by atoms with Gasteiger partial charge in [-0.3, -0.25) is 9.48 Å². The van der Waals surface area contributed by atoms with E-state index in [0.29, 0.717) is 11.4 Å². The molecule has 0 saturated carbocycles. The van der Waals surface area contributed by atoms with E-state index in [2.05, 4.69) is 17.3 Å². The van der Waals surface area contributed by atoms with Gasteiger partial charge in [0.15, 0.2) is 0 Å². The van der Waals surface area contributed by atoms with E-state index in [-0.39, 0.29) is 11.9 Å². The molecule has 0 aliphatic rings. The number of nitrogens with one attached hydrogen (secondary N) is 1. The highest BCUT2D eigenvalue weighted by Crippen LogP contribution is 2.14. The van der Waals surface area contributed by atoms with Gasteiger partial charge < -0.3 is 5.32 Å². The summed E-state index contributed by atoms with van der Waals surface area (Å²) >= 11 is 5.78. The molecule has 1 unspecified atom stereocenters. The molecule has 4 nitrogen and oxygen atoms in total. The number of halogens is 1. The maximum absolute atomic E-state index is 11.8. The molecule has 0 aliphatic heterocycles. The van der Waals surface area contributed by atoms with Crippen molar-refractivity contribution in [1.29, 1.82) is 0 Å². The number of hydrogen-bond acceptors (Lipinski definition) is 2. The third-order valence-electron chi connectivity index (χ3n) is 2.41. The first-order chi connectivity index (χ1) is 7.69. The lowest BCUT2D eigenvalue weighted by atomic mass is 10.2. The third-order valence-corrected chi connectivity index (χ3v) is 2.60. The van der Waals surface area contributed by atoms with E-state index < -0.39 is 0 Å². The monoisotopic (exact) mass is 243 g/mol. The van der Waals surface area contributed by atoms with Crippen LogP contribution in [0.1, 0.15) is 39.2 Å². The number of aromatic nitrogens is 2. The molecule has 0 spiro atoms. The summed E-state index contributed by atoms with van der Waals surface area (Å²) in [5.74, 6) is 0.00992. The van der Waals surface area contributed by atoms with Gasteiger partial charge in [-0.2, -0.15) is 5.10 Å². The van der Waals surface area contributed by atoms with Gasteiger partial charge in [0.05, 0.1) is 11.2 Å². The predicted molar refractivity (Wildman–Crippen MR) is 64.5 cm³/mol. The van der Waals surface area contributed by atoms with E-state index in [4.69, 9.17) is 11.6 Å². The predicted octanol–water partition coefficient (Wildman–Crippen LogP) is 2.40. The Hall–Kier alpha value is -1.03. The van der Waals surface area contributed by atoms with E-state index in [1.807, 2.05) is 6.92 Å². The molecule has 1 heterocycles. The Labute approximate surface area is 101 Å². The van der Waals surface area contributed by atoms with Gasteiger partial charge in [-0.15, -0.1) is 0 Å². The highest BCUT2D eigenvalue weighted by Gasteiger charge is 2.18. The van der Waals surface area contributed by atoms with E-state index in [1.54, 1.807) is 17.1 Å². The van der Waals surface area contributed by atoms with Crippen LogP contribution in [0.3, 0.4) is 0 Å². The van der Waals surface area contributed by atoms with Crippen LogP contribution in [0.4, 0.5) is 0 Å². The first kappa shape index (κ1) is 13.0. The number of unbranched alkanes of at least 4 members (excludes halogenated alkanes) is 1. The number of hydrogen-bond donors (Lipinski definition) is 1. The van der Waals surface area contributed by atoms with Gasteiger partial charge in [-0.25, -0.2) is 0 Å². The minimum Gasteiger partial charge on any atom is -0.354 e. The van der Waals surface area contributed by atoms with Crippen molar-refractivity contribution in [1.82, 2.24) is 15.1 Å². The highest BCUT2D eigenvalue weighted by atomic mass is 35.5. The van der Waals surface area contributed by atoms with Gasteiger partial charge in [-0.1, -0.05) is 31.9 Å². The summed E-state index contributed by atoms with van der Waals surface area (Å²) in [6.07, 6.45) is 6.00. The Bertz CT molecular complexity index is 338. The second-order valence-corrected chi connectivity index (χ2v) is 4.14. The Morgan fingerprint density at radius 3 is 2.88 bits per heavy atom. The van der Waals surface area contributed by atoms with Gasteiger partial charge in [0.2, 0.25) is 5.91 Å². The van der Waals surface area contributed by atoms with Crippen LogP contribution in [-0.2, 0) is 4.79 Å². The van der Waals surface area contributed by atoms with Crippen LogP contribution in [0.25, 0.3) is 0 Å². The van der Waals surface area contributed by atoms with Gasteiger partial charge >= 0.3 is 0 Å². The molecule has 0 aliphatic carbocycles. The molecule has 0 saturated heterocycles. The van der Waals surface area contributed by atoms with E-state index in [0.717, 1.165) is 19.4 Å². The average molecular weight is 244 g/mol. The van der Waals surface area contributed by atoms with Gasteiger partial charge in [0.25, 0.3) is 0 Å². The highest BCUT2D eigenvalue weighted by molar-refractivity contribution is 6.30. The van der Waals surface area contributed by atoms with Crippen molar-refractivity contribution >= 4 is 17.5 Å². The zero-order valence-electron chi connectivity index (χ0n) is 9.74. The van der Waals surface area contributed by atoms with Crippen LogP contribution in [0, 0.1) is 0 Å². The molecule has 0 radical (unpaired) electrons. The summed E-state index contributed by atoms with van der Waals surface area (Å²) in [6, 6.07) is -0.260. The van der Waals surface area contributed by atoms with Crippen molar-refractivity contribution in [3.05, 3.63) is 17.4 Å². The zero-order valence-corrected chi connectivity index (χ0v) is 10.5. The molecule has 5 heteroatoms. The molecule has 90 valence electrons. The summed E-state index contributed by atoms with van der Waals surface area (Å²) < 4.78 is 1.61. The van der Waals surface area contributed by atoms with E-state index >= 15 is 0 Å². The van der Waals surface area contributed by atoms with Crippen molar-refractivity contribution in [2.24, 2.45) is 0 Å². The largest absolute Gasteiger partial charge is 0.354 e. The number of carbonyl (C=O) groups excluding carboxylic acids is 1. The fraction of sp³-hybridized carbons (Fsp3) is 0.636. The molecular weight excluding hydrogens is 226 g/mol. The molecular formula is C11H18ClN3O. The average Bonchev–Trinajstić information content (AvgIpc) is 2.66. The smallest absolute Gasteiger partial charge is 0.244 e. The summed E-state index contributed by atoms with van der Waals surface area (Å²) in [6.45, 7) is 4.78. The van der Waals surface area contributed by atoms with Crippen LogP contribution in [-0.4, -0.2) is 22.2 Å². The third kappa shape index (κ3) is 3.52. The van der Waals surface area contributed by atoms with Gasteiger partial charge in [-0.05, 0) is 12.8 Å². The molecule has 1 aromatic rings. The molecule has 1 aromatic heterocycles. The Morgan fingerprint density at radius 1 is 1.62 bits per heavy atom. The van der Waals surface area contributed by atoms with Crippen molar-refractivity contribution < 1.29 is 4.79 Å². The quantitative estimate of drug-likeness (QED) is 0.780. The maximum atomic E-state index is 11.8. The summed E-state index contributed by atoms with van der Waals surface area (Å²) in [7, 11) is 0. The Balaban J connectivity index is 2.56. The molecule has 0 aromatic carbocycles. The van der Waals surface area contributed by atoms with Crippen LogP contribution in [0.15, 0.2) is 12.4 Å². The van der Waals surface area contributed by atoms with E-state index in [9.17, 15) is 4.79 Å². The van der Waals surface area contributed by atoms with Crippen LogP contribution < -0.4 is 5.32 Å². The van der Waals surface area contributed by atoms with E-state index in [1.165, 1.54) is 0 Å². The summed E-state index contributed by atoms with van der Waals surface area (Å²) in [4.78, 5) is 11.8. The number of amides is 1. The van der Waals surface area contributed by atoms with Gasteiger partial charge in [0, 0.05) is 12.7 Å². The summed E-state index contributed by atoms with van der Waals surface area (Å²) in [5.41, 5.74) is 0. The van der Waals surface area contributed by atoms with Crippen molar-refractivity contribution in [2.75, 3.05) is 6.54 Å². The molecule has 1 atom stereocenters. The Kier molecular flexibility index (Phi) is 5.32. The first-order valence-electron chi connectivity index (χ1n) is 5.66. The van der Waals surface area contributed by atoms with Crippen LogP contribution in [0.2, 0.25) is 5.02 Å². The second-order valence-electron chi connectivity index (χ2n) is 3.71. The summed E-state index contributed by atoms with van der Waals surface area (Å²) in [5, 5.41) is 7.52.